The number of H-pyrrole nitrogens is 1. The lowest BCUT2D eigenvalue weighted by Crippen LogP contribution is -2.46. The van der Waals surface area contributed by atoms with Crippen molar-refractivity contribution in [3.05, 3.63) is 40.4 Å². The number of benzene rings is 1. The molecule has 0 spiro atoms. The van der Waals surface area contributed by atoms with Crippen LogP contribution in [-0.4, -0.2) is 34.5 Å². The first-order chi connectivity index (χ1) is 9.31. The maximum Gasteiger partial charge on any atom is 0.258 e. The van der Waals surface area contributed by atoms with E-state index in [0.29, 0.717) is 17.2 Å². The molecule has 2 bridgehead atoms. The van der Waals surface area contributed by atoms with Crippen LogP contribution in [0.15, 0.2) is 29.1 Å². The largest absolute Gasteiger partial charge is 0.310 e. The topological polar surface area (TPSA) is 49.0 Å². The third-order valence-electron chi connectivity index (χ3n) is 4.64. The second-order valence-corrected chi connectivity index (χ2v) is 5.71. The summed E-state index contributed by atoms with van der Waals surface area (Å²) in [5.74, 6) is 1.98. The Morgan fingerprint density at radius 3 is 2.74 bits per heavy atom. The van der Waals surface area contributed by atoms with E-state index in [0.717, 1.165) is 17.9 Å². The average molecular weight is 255 g/mol. The highest BCUT2D eigenvalue weighted by atomic mass is 16.1. The van der Waals surface area contributed by atoms with Crippen LogP contribution in [0.25, 0.3) is 10.9 Å². The highest BCUT2D eigenvalue weighted by molar-refractivity contribution is 5.77. The SMILES string of the molecule is O=c1[nH]c(C2CN3CCC2CC3)nc2ccccc12. The minimum absolute atomic E-state index is 0.00273. The second-order valence-electron chi connectivity index (χ2n) is 5.71. The molecular weight excluding hydrogens is 238 g/mol. The van der Waals surface area contributed by atoms with Crippen molar-refractivity contribution in [2.75, 3.05) is 19.6 Å². The van der Waals surface area contributed by atoms with Crippen molar-refractivity contribution in [3.8, 4) is 0 Å². The van der Waals surface area contributed by atoms with Crippen molar-refractivity contribution >= 4 is 10.9 Å². The number of aromatic amines is 1. The smallest absolute Gasteiger partial charge is 0.258 e. The normalized spacial score (nSPS) is 29.8. The Kier molecular flexibility index (Phi) is 2.45. The van der Waals surface area contributed by atoms with Gasteiger partial charge in [-0.25, -0.2) is 4.98 Å². The minimum Gasteiger partial charge on any atom is -0.310 e. The Hall–Kier alpha value is -1.68. The van der Waals surface area contributed by atoms with Crippen LogP contribution >= 0.6 is 0 Å². The van der Waals surface area contributed by atoms with Gasteiger partial charge in [0.05, 0.1) is 10.9 Å². The van der Waals surface area contributed by atoms with Gasteiger partial charge < -0.3 is 9.88 Å². The quantitative estimate of drug-likeness (QED) is 0.844. The van der Waals surface area contributed by atoms with Gasteiger partial charge in [-0.2, -0.15) is 0 Å². The molecule has 98 valence electrons. The first-order valence-corrected chi connectivity index (χ1v) is 7.02. The zero-order chi connectivity index (χ0) is 12.8. The van der Waals surface area contributed by atoms with Gasteiger partial charge in [0, 0.05) is 12.5 Å². The van der Waals surface area contributed by atoms with Crippen molar-refractivity contribution in [2.45, 2.75) is 18.8 Å². The summed E-state index contributed by atoms with van der Waals surface area (Å²) < 4.78 is 0. The fourth-order valence-electron chi connectivity index (χ4n) is 3.55. The number of piperidine rings is 3. The second kappa shape index (κ2) is 4.17. The molecule has 1 unspecified atom stereocenters. The van der Waals surface area contributed by atoms with Gasteiger partial charge in [-0.05, 0) is 44.0 Å². The molecule has 0 amide bonds. The molecule has 5 rings (SSSR count). The molecule has 4 heteroatoms. The van der Waals surface area contributed by atoms with Gasteiger partial charge in [0.2, 0.25) is 0 Å². The number of aromatic nitrogens is 2. The Balaban J connectivity index is 1.81. The van der Waals surface area contributed by atoms with Gasteiger partial charge in [0.1, 0.15) is 5.82 Å². The first kappa shape index (κ1) is 11.2. The van der Waals surface area contributed by atoms with Gasteiger partial charge in [-0.1, -0.05) is 12.1 Å². The molecule has 2 aromatic rings. The molecule has 1 atom stereocenters. The fraction of sp³-hybridized carbons (Fsp3) is 0.467. The van der Waals surface area contributed by atoms with Crippen LogP contribution in [0.2, 0.25) is 0 Å². The molecule has 0 saturated carbocycles. The number of rotatable bonds is 1. The van der Waals surface area contributed by atoms with Gasteiger partial charge in [0.25, 0.3) is 5.56 Å². The van der Waals surface area contributed by atoms with Crippen molar-refractivity contribution in [2.24, 2.45) is 5.92 Å². The summed E-state index contributed by atoms with van der Waals surface area (Å²) in [5, 5.41) is 0.688. The Morgan fingerprint density at radius 2 is 2.00 bits per heavy atom. The van der Waals surface area contributed by atoms with E-state index < -0.39 is 0 Å². The fourth-order valence-corrected chi connectivity index (χ4v) is 3.55. The van der Waals surface area contributed by atoms with Gasteiger partial charge >= 0.3 is 0 Å². The monoisotopic (exact) mass is 255 g/mol. The van der Waals surface area contributed by atoms with E-state index in [9.17, 15) is 4.79 Å². The summed E-state index contributed by atoms with van der Waals surface area (Å²) in [6, 6.07) is 7.58. The molecule has 1 aromatic carbocycles. The molecule has 0 radical (unpaired) electrons. The number of fused-ring (bicyclic) bond motifs is 4. The molecule has 3 saturated heterocycles. The highest BCUT2D eigenvalue weighted by Crippen LogP contribution is 2.37. The number of hydrogen-bond donors (Lipinski definition) is 1. The van der Waals surface area contributed by atoms with E-state index in [1.165, 1.54) is 25.9 Å². The van der Waals surface area contributed by atoms with E-state index in [2.05, 4.69) is 9.88 Å². The van der Waals surface area contributed by atoms with Crippen molar-refractivity contribution in [1.29, 1.82) is 0 Å². The van der Waals surface area contributed by atoms with Crippen LogP contribution in [0.5, 0.6) is 0 Å². The summed E-state index contributed by atoms with van der Waals surface area (Å²) in [5.41, 5.74) is 0.815. The van der Waals surface area contributed by atoms with Gasteiger partial charge in [-0.3, -0.25) is 4.79 Å². The van der Waals surface area contributed by atoms with Crippen molar-refractivity contribution in [3.63, 3.8) is 0 Å². The summed E-state index contributed by atoms with van der Waals surface area (Å²) in [6.07, 6.45) is 2.47. The third kappa shape index (κ3) is 1.78. The average Bonchev–Trinajstić information content (AvgIpc) is 2.48. The molecule has 4 nitrogen and oxygen atoms in total. The molecule has 3 fully saturated rings. The zero-order valence-corrected chi connectivity index (χ0v) is 10.8. The minimum atomic E-state index is -0.00273. The van der Waals surface area contributed by atoms with Gasteiger partial charge in [0.15, 0.2) is 0 Å². The van der Waals surface area contributed by atoms with Gasteiger partial charge in [-0.15, -0.1) is 0 Å². The van der Waals surface area contributed by atoms with Crippen molar-refractivity contribution in [1.82, 2.24) is 14.9 Å². The molecular formula is C15H17N3O. The predicted molar refractivity (Wildman–Crippen MR) is 74.3 cm³/mol. The third-order valence-corrected chi connectivity index (χ3v) is 4.64. The van der Waals surface area contributed by atoms with E-state index >= 15 is 0 Å². The molecule has 19 heavy (non-hydrogen) atoms. The summed E-state index contributed by atoms with van der Waals surface area (Å²) in [4.78, 5) is 22.3. The molecule has 4 heterocycles. The predicted octanol–water partition coefficient (Wildman–Crippen LogP) is 1.73. The summed E-state index contributed by atoms with van der Waals surface area (Å²) >= 11 is 0. The maximum atomic E-state index is 12.1. The summed E-state index contributed by atoms with van der Waals surface area (Å²) in [7, 11) is 0. The Morgan fingerprint density at radius 1 is 1.21 bits per heavy atom. The maximum absolute atomic E-state index is 12.1. The lowest BCUT2D eigenvalue weighted by molar-refractivity contribution is 0.0836. The molecule has 3 aliphatic heterocycles. The first-order valence-electron chi connectivity index (χ1n) is 7.02. The molecule has 3 aliphatic rings. The van der Waals surface area contributed by atoms with Crippen LogP contribution in [0.3, 0.4) is 0 Å². The van der Waals surface area contributed by atoms with Crippen LogP contribution in [0.4, 0.5) is 0 Å². The van der Waals surface area contributed by atoms with Crippen LogP contribution in [0.1, 0.15) is 24.6 Å². The number of nitrogens with one attached hydrogen (secondary N) is 1. The number of hydrogen-bond acceptors (Lipinski definition) is 3. The number of para-hydroxylation sites is 1. The lowest BCUT2D eigenvalue weighted by Gasteiger charge is -2.44. The summed E-state index contributed by atoms with van der Waals surface area (Å²) in [6.45, 7) is 3.46. The Labute approximate surface area is 111 Å². The lowest BCUT2D eigenvalue weighted by atomic mass is 9.78. The molecule has 1 N–H and O–H groups in total. The molecule has 1 aromatic heterocycles. The van der Waals surface area contributed by atoms with Crippen molar-refractivity contribution < 1.29 is 0 Å². The van der Waals surface area contributed by atoms with E-state index in [4.69, 9.17) is 4.98 Å². The van der Waals surface area contributed by atoms with Crippen LogP contribution in [0, 0.1) is 5.92 Å². The number of nitrogens with zero attached hydrogens (tertiary/aromatic N) is 2. The van der Waals surface area contributed by atoms with Crippen LogP contribution in [-0.2, 0) is 0 Å². The zero-order valence-electron chi connectivity index (χ0n) is 10.8. The van der Waals surface area contributed by atoms with E-state index in [1.807, 2.05) is 24.3 Å². The van der Waals surface area contributed by atoms with Crippen LogP contribution < -0.4 is 5.56 Å². The molecule has 0 aliphatic carbocycles. The van der Waals surface area contributed by atoms with E-state index in [1.54, 1.807) is 0 Å². The Bertz CT molecular complexity index is 670. The standard InChI is InChI=1S/C15H17N3O/c19-15-11-3-1-2-4-13(11)16-14(17-15)12-9-18-7-5-10(12)6-8-18/h1-4,10,12H,5-9H2,(H,16,17,19). The highest BCUT2D eigenvalue weighted by Gasteiger charge is 2.36. The van der Waals surface area contributed by atoms with E-state index in [-0.39, 0.29) is 5.56 Å².